The molecule has 0 unspecified atom stereocenters. The van der Waals surface area contributed by atoms with E-state index >= 15 is 0 Å². The monoisotopic (exact) mass is 519 g/mol. The maximum absolute atomic E-state index is 13.4. The number of rotatable bonds is 12. The van der Waals surface area contributed by atoms with Crippen LogP contribution in [0.1, 0.15) is 0 Å². The molecule has 0 saturated heterocycles. The van der Waals surface area contributed by atoms with E-state index in [1.807, 2.05) is 0 Å². The van der Waals surface area contributed by atoms with Gasteiger partial charge in [0.05, 0.1) is 29.9 Å². The van der Waals surface area contributed by atoms with E-state index in [9.17, 15) is 23.2 Å². The topological polar surface area (TPSA) is 117 Å². The molecule has 2 aromatic carbocycles. The highest BCUT2D eigenvalue weighted by Crippen LogP contribution is 2.21. The van der Waals surface area contributed by atoms with Crippen LogP contribution in [0, 0.1) is 11.6 Å². The van der Waals surface area contributed by atoms with E-state index in [4.69, 9.17) is 37.8 Å². The number of hydrogen-bond acceptors (Lipinski definition) is 6. The molecule has 13 heteroatoms. The van der Waals surface area contributed by atoms with Crippen LogP contribution in [0.2, 0.25) is 10.0 Å². The zero-order valence-corrected chi connectivity index (χ0v) is 19.2. The van der Waals surface area contributed by atoms with Crippen LogP contribution in [-0.4, -0.2) is 67.3 Å². The third-order valence-electron chi connectivity index (χ3n) is 4.15. The number of aliphatic hydroxyl groups excluding tert-OH is 1. The lowest BCUT2D eigenvalue weighted by atomic mass is 10.3. The SMILES string of the molecule is O=C(COc1ccc(Cl)c(F)c1)NCC(=O)N(CCO)CNC(=O)COc1ccc(Cl)c(F)c1. The normalized spacial score (nSPS) is 10.4. The number of carbonyl (C=O) groups excluding carboxylic acids is 3. The first-order valence-corrected chi connectivity index (χ1v) is 10.5. The van der Waals surface area contributed by atoms with Crippen molar-refractivity contribution in [1.29, 1.82) is 0 Å². The Hall–Kier alpha value is -3.15. The van der Waals surface area contributed by atoms with E-state index in [0.29, 0.717) is 0 Å². The van der Waals surface area contributed by atoms with Crippen molar-refractivity contribution < 1.29 is 37.7 Å². The van der Waals surface area contributed by atoms with Crippen LogP contribution < -0.4 is 20.1 Å². The van der Waals surface area contributed by atoms with Gasteiger partial charge in [-0.25, -0.2) is 8.78 Å². The Morgan fingerprint density at radius 3 is 1.85 bits per heavy atom. The van der Waals surface area contributed by atoms with Crippen LogP contribution in [-0.2, 0) is 14.4 Å². The summed E-state index contributed by atoms with van der Waals surface area (Å²) >= 11 is 11.1. The molecule has 184 valence electrons. The van der Waals surface area contributed by atoms with Gasteiger partial charge in [0.15, 0.2) is 13.2 Å². The average Bonchev–Trinajstić information content (AvgIpc) is 2.81. The lowest BCUT2D eigenvalue weighted by molar-refractivity contribution is -0.135. The van der Waals surface area contributed by atoms with Crippen LogP contribution in [0.25, 0.3) is 0 Å². The molecule has 0 heterocycles. The molecular formula is C21H21Cl2F2N3O6. The number of benzene rings is 2. The zero-order chi connectivity index (χ0) is 25.1. The Morgan fingerprint density at radius 1 is 0.882 bits per heavy atom. The maximum Gasteiger partial charge on any atom is 0.259 e. The minimum Gasteiger partial charge on any atom is -0.484 e. The quantitative estimate of drug-likeness (QED) is 0.367. The number of aliphatic hydroxyl groups is 1. The van der Waals surface area contributed by atoms with Crippen molar-refractivity contribution in [2.45, 2.75) is 0 Å². The molecule has 2 rings (SSSR count). The molecule has 0 bridgehead atoms. The predicted molar refractivity (Wildman–Crippen MR) is 119 cm³/mol. The fraction of sp³-hybridized carbons (Fsp3) is 0.286. The molecule has 3 amide bonds. The highest BCUT2D eigenvalue weighted by molar-refractivity contribution is 6.31. The average molecular weight is 520 g/mol. The summed E-state index contributed by atoms with van der Waals surface area (Å²) in [4.78, 5) is 37.2. The van der Waals surface area contributed by atoms with Crippen molar-refractivity contribution in [2.24, 2.45) is 0 Å². The second-order valence-electron chi connectivity index (χ2n) is 6.64. The van der Waals surface area contributed by atoms with Crippen molar-refractivity contribution in [2.75, 3.05) is 39.6 Å². The van der Waals surface area contributed by atoms with Gasteiger partial charge in [-0.1, -0.05) is 23.2 Å². The summed E-state index contributed by atoms with van der Waals surface area (Å²) in [6.07, 6.45) is 0. The molecule has 0 aliphatic rings. The van der Waals surface area contributed by atoms with Crippen LogP contribution in [0.15, 0.2) is 36.4 Å². The molecule has 9 nitrogen and oxygen atoms in total. The van der Waals surface area contributed by atoms with Crippen LogP contribution in [0.5, 0.6) is 11.5 Å². The number of carbonyl (C=O) groups is 3. The summed E-state index contributed by atoms with van der Waals surface area (Å²) in [5.41, 5.74) is 0. The van der Waals surface area contributed by atoms with Crippen molar-refractivity contribution >= 4 is 40.9 Å². The third-order valence-corrected chi connectivity index (χ3v) is 4.76. The van der Waals surface area contributed by atoms with E-state index in [1.165, 1.54) is 24.3 Å². The molecule has 0 aliphatic carbocycles. The van der Waals surface area contributed by atoms with Gasteiger partial charge in [0.1, 0.15) is 23.1 Å². The number of nitrogens with zero attached hydrogens (tertiary/aromatic N) is 1. The fourth-order valence-electron chi connectivity index (χ4n) is 2.42. The number of nitrogens with one attached hydrogen (secondary N) is 2. The number of amides is 3. The van der Waals surface area contributed by atoms with E-state index in [2.05, 4.69) is 10.6 Å². The van der Waals surface area contributed by atoms with E-state index in [0.717, 1.165) is 17.0 Å². The minimum atomic E-state index is -0.706. The molecule has 0 fully saturated rings. The number of hydrogen-bond donors (Lipinski definition) is 3. The van der Waals surface area contributed by atoms with Crippen LogP contribution in [0.4, 0.5) is 8.78 Å². The highest BCUT2D eigenvalue weighted by atomic mass is 35.5. The largest absolute Gasteiger partial charge is 0.484 e. The lowest BCUT2D eigenvalue weighted by Crippen LogP contribution is -2.48. The molecule has 0 aliphatic heterocycles. The Labute approximate surface area is 203 Å². The summed E-state index contributed by atoms with van der Waals surface area (Å²) < 4.78 is 37.0. The van der Waals surface area contributed by atoms with E-state index < -0.39 is 49.1 Å². The molecule has 34 heavy (non-hydrogen) atoms. The molecule has 0 atom stereocenters. The van der Waals surface area contributed by atoms with E-state index in [-0.39, 0.29) is 41.4 Å². The highest BCUT2D eigenvalue weighted by Gasteiger charge is 2.16. The van der Waals surface area contributed by atoms with Gasteiger partial charge in [-0.2, -0.15) is 0 Å². The van der Waals surface area contributed by atoms with Crippen molar-refractivity contribution in [3.05, 3.63) is 58.1 Å². The summed E-state index contributed by atoms with van der Waals surface area (Å²) in [5, 5.41) is 13.7. The second-order valence-corrected chi connectivity index (χ2v) is 7.46. The minimum absolute atomic E-state index is 0.0801. The maximum atomic E-state index is 13.4. The van der Waals surface area contributed by atoms with Crippen LogP contribution >= 0.6 is 23.2 Å². The Kier molecular flexibility index (Phi) is 10.8. The zero-order valence-electron chi connectivity index (χ0n) is 17.7. The van der Waals surface area contributed by atoms with Gasteiger partial charge < -0.3 is 30.1 Å². The van der Waals surface area contributed by atoms with E-state index in [1.54, 1.807) is 0 Å². The first-order valence-electron chi connectivity index (χ1n) is 9.77. The standard InChI is InChI=1S/C21H21Cl2F2N3O6/c22-15-3-1-13(7-17(15)24)33-10-19(30)26-9-21(32)28(5-6-29)12-27-20(31)11-34-14-2-4-16(23)18(25)8-14/h1-4,7-8,29H,5-6,9-12H2,(H,26,30)(H,27,31). The summed E-state index contributed by atoms with van der Waals surface area (Å²) in [7, 11) is 0. The van der Waals surface area contributed by atoms with Crippen molar-refractivity contribution in [3.63, 3.8) is 0 Å². The Bertz CT molecular complexity index is 1030. The Balaban J connectivity index is 1.74. The molecule has 0 aromatic heterocycles. The van der Waals surface area contributed by atoms with Gasteiger partial charge in [0.25, 0.3) is 11.8 Å². The first kappa shape index (κ1) is 27.1. The van der Waals surface area contributed by atoms with Gasteiger partial charge in [0.2, 0.25) is 5.91 Å². The summed E-state index contributed by atoms with van der Waals surface area (Å²) in [6, 6.07) is 7.34. The van der Waals surface area contributed by atoms with Crippen molar-refractivity contribution in [3.8, 4) is 11.5 Å². The second kappa shape index (κ2) is 13.5. The van der Waals surface area contributed by atoms with Gasteiger partial charge in [-0.15, -0.1) is 0 Å². The van der Waals surface area contributed by atoms with Gasteiger partial charge >= 0.3 is 0 Å². The lowest BCUT2D eigenvalue weighted by Gasteiger charge is -2.22. The molecule has 0 radical (unpaired) electrons. The smallest absolute Gasteiger partial charge is 0.259 e. The molecule has 0 saturated carbocycles. The number of ether oxygens (including phenoxy) is 2. The molecular weight excluding hydrogens is 499 g/mol. The van der Waals surface area contributed by atoms with Crippen molar-refractivity contribution in [1.82, 2.24) is 15.5 Å². The molecule has 2 aromatic rings. The fourth-order valence-corrected chi connectivity index (χ4v) is 2.65. The summed E-state index contributed by atoms with van der Waals surface area (Å²) in [6.45, 7) is -2.14. The number of halogens is 4. The van der Waals surface area contributed by atoms with Gasteiger partial charge in [0, 0.05) is 18.7 Å². The van der Waals surface area contributed by atoms with Gasteiger partial charge in [-0.05, 0) is 24.3 Å². The van der Waals surface area contributed by atoms with Crippen LogP contribution in [0.3, 0.4) is 0 Å². The predicted octanol–water partition coefficient (Wildman–Crippen LogP) is 1.74. The molecule has 3 N–H and O–H groups in total. The van der Waals surface area contributed by atoms with Gasteiger partial charge in [-0.3, -0.25) is 14.4 Å². The Morgan fingerprint density at radius 2 is 1.38 bits per heavy atom. The summed E-state index contributed by atoms with van der Waals surface area (Å²) in [5.74, 6) is -3.10. The first-order chi connectivity index (χ1) is 16.2. The molecule has 0 spiro atoms. The third kappa shape index (κ3) is 9.00.